The molecule has 1 saturated carbocycles. The van der Waals surface area contributed by atoms with Crippen LogP contribution >= 0.6 is 11.6 Å². The van der Waals surface area contributed by atoms with Crippen molar-refractivity contribution < 1.29 is 9.53 Å². The molecule has 2 unspecified atom stereocenters. The molecule has 0 spiro atoms. The number of nitrogens with one attached hydrogen (secondary N) is 1. The molecule has 0 aromatic carbocycles. The van der Waals surface area contributed by atoms with Crippen LogP contribution in [-0.4, -0.2) is 30.0 Å². The van der Waals surface area contributed by atoms with Gasteiger partial charge in [0.1, 0.15) is 6.61 Å². The summed E-state index contributed by atoms with van der Waals surface area (Å²) >= 11 is 6.01. The predicted octanol–water partition coefficient (Wildman–Crippen LogP) is 2.33. The van der Waals surface area contributed by atoms with E-state index in [-0.39, 0.29) is 18.1 Å². The molecule has 2 atom stereocenters. The Labute approximate surface area is 103 Å². The molecule has 3 nitrogen and oxygen atoms in total. The Bertz CT molecular complexity index is 238. The fraction of sp³-hybridized carbons (Fsp3) is 0.917. The highest BCUT2D eigenvalue weighted by Gasteiger charge is 2.23. The highest BCUT2D eigenvalue weighted by Crippen LogP contribution is 2.28. The zero-order valence-electron chi connectivity index (χ0n) is 10.4. The molecule has 0 radical (unpaired) electrons. The van der Waals surface area contributed by atoms with Gasteiger partial charge < -0.3 is 10.1 Å². The van der Waals surface area contributed by atoms with Crippen molar-refractivity contribution in [2.45, 2.75) is 51.0 Å². The average Bonchev–Trinajstić information content (AvgIpc) is 2.57. The topological polar surface area (TPSA) is 38.3 Å². The van der Waals surface area contributed by atoms with E-state index >= 15 is 0 Å². The number of hydrogen-bond donors (Lipinski definition) is 1. The molecule has 1 aliphatic carbocycles. The first-order valence-corrected chi connectivity index (χ1v) is 6.35. The fourth-order valence-electron chi connectivity index (χ4n) is 1.79. The summed E-state index contributed by atoms with van der Waals surface area (Å²) in [7, 11) is 0. The van der Waals surface area contributed by atoms with E-state index in [0.29, 0.717) is 11.3 Å². The summed E-state index contributed by atoms with van der Waals surface area (Å²) in [6, 6.07) is 0. The van der Waals surface area contributed by atoms with E-state index < -0.39 is 0 Å². The molecular formula is C12H22ClNO2. The molecule has 0 aromatic heterocycles. The van der Waals surface area contributed by atoms with Gasteiger partial charge in [0.15, 0.2) is 0 Å². The number of carbonyl (C=O) groups is 1. The van der Waals surface area contributed by atoms with Crippen LogP contribution in [0.5, 0.6) is 0 Å². The van der Waals surface area contributed by atoms with Gasteiger partial charge >= 0.3 is 0 Å². The van der Waals surface area contributed by atoms with Crippen LogP contribution in [0.25, 0.3) is 0 Å². The largest absolute Gasteiger partial charge is 0.366 e. The van der Waals surface area contributed by atoms with Gasteiger partial charge in [-0.05, 0) is 46.0 Å². The van der Waals surface area contributed by atoms with Crippen LogP contribution in [-0.2, 0) is 9.53 Å². The maximum absolute atomic E-state index is 11.5. The molecule has 1 amide bonds. The number of rotatable bonds is 4. The molecule has 0 aromatic rings. The number of amides is 1. The second-order valence-electron chi connectivity index (χ2n) is 5.48. The van der Waals surface area contributed by atoms with Crippen LogP contribution in [0.3, 0.4) is 0 Å². The molecular weight excluding hydrogens is 226 g/mol. The van der Waals surface area contributed by atoms with Crippen LogP contribution in [0, 0.1) is 5.92 Å². The summed E-state index contributed by atoms with van der Waals surface area (Å²) in [5.74, 6) is 0.508. The SMILES string of the molecule is CC(C)(C)OCC(=O)NCC1CCC(Cl)C1. The predicted molar refractivity (Wildman–Crippen MR) is 65.7 cm³/mol. The van der Waals surface area contributed by atoms with Crippen LogP contribution in [0.15, 0.2) is 0 Å². The van der Waals surface area contributed by atoms with Crippen LogP contribution < -0.4 is 5.32 Å². The maximum Gasteiger partial charge on any atom is 0.246 e. The number of hydrogen-bond acceptors (Lipinski definition) is 2. The second kappa shape index (κ2) is 5.87. The molecule has 1 N–H and O–H groups in total. The molecule has 1 fully saturated rings. The lowest BCUT2D eigenvalue weighted by Gasteiger charge is -2.19. The lowest BCUT2D eigenvalue weighted by molar-refractivity contribution is -0.130. The summed E-state index contributed by atoms with van der Waals surface area (Å²) < 4.78 is 5.39. The van der Waals surface area contributed by atoms with E-state index in [4.69, 9.17) is 16.3 Å². The highest BCUT2D eigenvalue weighted by atomic mass is 35.5. The molecule has 94 valence electrons. The van der Waals surface area contributed by atoms with Crippen molar-refractivity contribution in [3.8, 4) is 0 Å². The third kappa shape index (κ3) is 5.71. The maximum atomic E-state index is 11.5. The van der Waals surface area contributed by atoms with Gasteiger partial charge in [0, 0.05) is 11.9 Å². The Morgan fingerprint density at radius 1 is 1.44 bits per heavy atom. The van der Waals surface area contributed by atoms with Crippen molar-refractivity contribution in [2.24, 2.45) is 5.92 Å². The Hall–Kier alpha value is -0.280. The lowest BCUT2D eigenvalue weighted by atomic mass is 10.1. The van der Waals surface area contributed by atoms with Crippen molar-refractivity contribution in [1.29, 1.82) is 0 Å². The smallest absolute Gasteiger partial charge is 0.246 e. The first-order valence-electron chi connectivity index (χ1n) is 5.91. The van der Waals surface area contributed by atoms with Gasteiger partial charge in [0.2, 0.25) is 5.91 Å². The van der Waals surface area contributed by atoms with Gasteiger partial charge in [-0.1, -0.05) is 0 Å². The van der Waals surface area contributed by atoms with E-state index in [1.165, 1.54) is 0 Å². The second-order valence-corrected chi connectivity index (χ2v) is 6.10. The van der Waals surface area contributed by atoms with Gasteiger partial charge in [-0.15, -0.1) is 11.6 Å². The number of halogens is 1. The molecule has 0 saturated heterocycles. The van der Waals surface area contributed by atoms with Crippen LogP contribution in [0.2, 0.25) is 0 Å². The normalized spacial score (nSPS) is 25.8. The quantitative estimate of drug-likeness (QED) is 0.775. The molecule has 0 heterocycles. The molecule has 1 aliphatic rings. The van der Waals surface area contributed by atoms with Crippen LogP contribution in [0.1, 0.15) is 40.0 Å². The summed E-state index contributed by atoms with van der Waals surface area (Å²) in [6.07, 6.45) is 3.21. The standard InChI is InChI=1S/C12H22ClNO2/c1-12(2,3)16-8-11(15)14-7-9-4-5-10(13)6-9/h9-10H,4-8H2,1-3H3,(H,14,15). The number of alkyl halides is 1. The molecule has 0 bridgehead atoms. The summed E-state index contributed by atoms with van der Waals surface area (Å²) in [5.41, 5.74) is -0.258. The van der Waals surface area contributed by atoms with Gasteiger partial charge in [-0.25, -0.2) is 0 Å². The summed E-state index contributed by atoms with van der Waals surface area (Å²) in [6.45, 7) is 6.69. The Morgan fingerprint density at radius 2 is 2.12 bits per heavy atom. The minimum atomic E-state index is -0.258. The van der Waals surface area contributed by atoms with Gasteiger partial charge in [0.25, 0.3) is 0 Å². The molecule has 4 heteroatoms. The average molecular weight is 248 g/mol. The third-order valence-corrected chi connectivity index (χ3v) is 3.10. The van der Waals surface area contributed by atoms with Gasteiger partial charge in [-0.2, -0.15) is 0 Å². The minimum Gasteiger partial charge on any atom is -0.366 e. The lowest BCUT2D eigenvalue weighted by Crippen LogP contribution is -2.34. The minimum absolute atomic E-state index is 0.0343. The van der Waals surface area contributed by atoms with Crippen molar-refractivity contribution in [3.05, 3.63) is 0 Å². The zero-order valence-corrected chi connectivity index (χ0v) is 11.1. The third-order valence-electron chi connectivity index (χ3n) is 2.70. The summed E-state index contributed by atoms with van der Waals surface area (Å²) in [5, 5.41) is 3.19. The Kier molecular flexibility index (Phi) is 5.06. The molecule has 0 aliphatic heterocycles. The highest BCUT2D eigenvalue weighted by molar-refractivity contribution is 6.20. The number of ether oxygens (including phenoxy) is 1. The van der Waals surface area contributed by atoms with Gasteiger partial charge in [0.05, 0.1) is 5.60 Å². The first kappa shape index (κ1) is 13.8. The van der Waals surface area contributed by atoms with E-state index in [9.17, 15) is 4.79 Å². The fourth-order valence-corrected chi connectivity index (χ4v) is 2.17. The van der Waals surface area contributed by atoms with Gasteiger partial charge in [-0.3, -0.25) is 4.79 Å². The van der Waals surface area contributed by atoms with Crippen molar-refractivity contribution >= 4 is 17.5 Å². The Morgan fingerprint density at radius 3 is 2.62 bits per heavy atom. The molecule has 16 heavy (non-hydrogen) atoms. The number of carbonyl (C=O) groups excluding carboxylic acids is 1. The Balaban J connectivity index is 2.11. The van der Waals surface area contributed by atoms with E-state index in [2.05, 4.69) is 5.32 Å². The molecule has 1 rings (SSSR count). The van der Waals surface area contributed by atoms with Crippen molar-refractivity contribution in [2.75, 3.05) is 13.2 Å². The zero-order chi connectivity index (χ0) is 12.2. The van der Waals surface area contributed by atoms with E-state index in [1.807, 2.05) is 20.8 Å². The van der Waals surface area contributed by atoms with E-state index in [0.717, 1.165) is 25.8 Å². The van der Waals surface area contributed by atoms with Crippen molar-refractivity contribution in [1.82, 2.24) is 5.32 Å². The summed E-state index contributed by atoms with van der Waals surface area (Å²) in [4.78, 5) is 11.5. The monoisotopic (exact) mass is 247 g/mol. The van der Waals surface area contributed by atoms with Crippen LogP contribution in [0.4, 0.5) is 0 Å². The van der Waals surface area contributed by atoms with E-state index in [1.54, 1.807) is 0 Å². The van der Waals surface area contributed by atoms with Crippen molar-refractivity contribution in [3.63, 3.8) is 0 Å². The first-order chi connectivity index (χ1) is 7.37.